The molecule has 0 fully saturated rings. The van der Waals surface area contributed by atoms with Crippen molar-refractivity contribution in [1.82, 2.24) is 0 Å². The third-order valence-electron chi connectivity index (χ3n) is 13.2. The average Bonchev–Trinajstić information content (AvgIpc) is 3.39. The summed E-state index contributed by atoms with van der Waals surface area (Å²) in [6.07, 6.45) is 60.6. The number of esters is 3. The number of carbonyl (C=O) groups excluding carboxylic acids is 3. The summed E-state index contributed by atoms with van der Waals surface area (Å²) >= 11 is 0. The van der Waals surface area contributed by atoms with Crippen LogP contribution in [0.5, 0.6) is 0 Å². The highest BCUT2D eigenvalue weighted by Crippen LogP contribution is 2.43. The van der Waals surface area contributed by atoms with Gasteiger partial charge in [0.15, 0.2) is 6.10 Å². The fraction of sp³-hybridized carbons (Fsp3) is 0.823. The molecular weight excluding hydrogens is 952 g/mol. The first-order chi connectivity index (χ1) is 36.2. The van der Waals surface area contributed by atoms with Crippen LogP contribution in [0.15, 0.2) is 48.6 Å². The molecule has 74 heavy (non-hydrogen) atoms. The number of ether oxygens (including phenoxy) is 3. The van der Waals surface area contributed by atoms with Crippen molar-refractivity contribution in [2.45, 2.75) is 303 Å². The summed E-state index contributed by atoms with van der Waals surface area (Å²) in [7, 11) is -4.75. The van der Waals surface area contributed by atoms with Gasteiger partial charge < -0.3 is 24.2 Å². The van der Waals surface area contributed by atoms with Gasteiger partial charge in [0.25, 0.3) is 0 Å². The lowest BCUT2D eigenvalue weighted by atomic mass is 10.0. The number of aliphatic hydroxyl groups excluding tert-OH is 1. The minimum absolute atomic E-state index is 0.157. The Morgan fingerprint density at radius 1 is 0.392 bits per heavy atom. The number of rotatable bonds is 57. The van der Waals surface area contributed by atoms with E-state index in [0.29, 0.717) is 19.3 Å². The molecule has 0 rings (SSSR count). The van der Waals surface area contributed by atoms with Crippen molar-refractivity contribution >= 4 is 25.7 Å². The summed E-state index contributed by atoms with van der Waals surface area (Å²) in [6.45, 7) is 4.56. The lowest BCUT2D eigenvalue weighted by molar-refractivity contribution is -0.161. The van der Waals surface area contributed by atoms with Gasteiger partial charge in [-0.15, -0.1) is 0 Å². The van der Waals surface area contributed by atoms with Gasteiger partial charge in [-0.3, -0.25) is 23.4 Å². The first-order valence-corrected chi connectivity index (χ1v) is 32.0. The first-order valence-electron chi connectivity index (χ1n) is 30.5. The van der Waals surface area contributed by atoms with Crippen LogP contribution in [0.2, 0.25) is 0 Å². The van der Waals surface area contributed by atoms with Crippen LogP contribution in [-0.4, -0.2) is 66.5 Å². The van der Waals surface area contributed by atoms with Crippen LogP contribution in [0, 0.1) is 0 Å². The van der Waals surface area contributed by atoms with E-state index in [1.54, 1.807) is 0 Å². The summed E-state index contributed by atoms with van der Waals surface area (Å²) in [5.74, 6) is -1.47. The second-order valence-electron chi connectivity index (χ2n) is 20.5. The third-order valence-corrected chi connectivity index (χ3v) is 14.2. The lowest BCUT2D eigenvalue weighted by Gasteiger charge is -2.21. The third kappa shape index (κ3) is 54.2. The van der Waals surface area contributed by atoms with Crippen molar-refractivity contribution in [2.24, 2.45) is 0 Å². The molecule has 0 spiro atoms. The first kappa shape index (κ1) is 71.4. The van der Waals surface area contributed by atoms with Gasteiger partial charge in [-0.05, 0) is 77.0 Å². The van der Waals surface area contributed by atoms with E-state index in [1.165, 1.54) is 122 Å². The Bertz CT molecular complexity index is 1430. The molecule has 12 heteroatoms. The predicted octanol–water partition coefficient (Wildman–Crippen LogP) is 18.1. The van der Waals surface area contributed by atoms with Crippen LogP contribution in [0.25, 0.3) is 0 Å². The molecule has 0 amide bonds. The Morgan fingerprint density at radius 2 is 0.703 bits per heavy atom. The lowest BCUT2D eigenvalue weighted by Crippen LogP contribution is -2.30. The second kappa shape index (κ2) is 56.6. The van der Waals surface area contributed by atoms with Gasteiger partial charge in [-0.1, -0.05) is 243 Å². The molecule has 2 N–H and O–H groups in total. The molecule has 0 radical (unpaired) electrons. The molecule has 0 aliphatic heterocycles. The highest BCUT2D eigenvalue weighted by Gasteiger charge is 2.28. The van der Waals surface area contributed by atoms with E-state index in [2.05, 4.69) is 69.4 Å². The van der Waals surface area contributed by atoms with Crippen LogP contribution in [0.1, 0.15) is 290 Å². The maximum atomic E-state index is 12.9. The van der Waals surface area contributed by atoms with E-state index in [0.717, 1.165) is 109 Å². The molecule has 0 aliphatic carbocycles. The Labute approximate surface area is 453 Å². The Hall–Kier alpha value is -2.56. The van der Waals surface area contributed by atoms with Crippen LogP contribution in [0.4, 0.5) is 0 Å². The number of hydrogen-bond acceptors (Lipinski definition) is 10. The molecule has 0 saturated carbocycles. The number of aliphatic hydroxyl groups is 1. The number of unbranched alkanes of at least 4 members (excludes halogenated alkanes) is 32. The van der Waals surface area contributed by atoms with Crippen LogP contribution >= 0.6 is 7.82 Å². The van der Waals surface area contributed by atoms with Gasteiger partial charge in [0.2, 0.25) is 0 Å². The van der Waals surface area contributed by atoms with E-state index < -0.39 is 57.8 Å². The van der Waals surface area contributed by atoms with Gasteiger partial charge in [-0.25, -0.2) is 4.57 Å². The summed E-state index contributed by atoms with van der Waals surface area (Å²) in [5, 5.41) is 9.83. The zero-order valence-electron chi connectivity index (χ0n) is 47.8. The smallest absolute Gasteiger partial charge is 0.462 e. The molecule has 0 saturated heterocycles. The van der Waals surface area contributed by atoms with Crippen molar-refractivity contribution in [3.63, 3.8) is 0 Å². The van der Waals surface area contributed by atoms with Crippen LogP contribution in [0.3, 0.4) is 0 Å². The molecule has 3 unspecified atom stereocenters. The predicted molar refractivity (Wildman–Crippen MR) is 307 cm³/mol. The van der Waals surface area contributed by atoms with Crippen molar-refractivity contribution in [1.29, 1.82) is 0 Å². The molecule has 0 bridgehead atoms. The quantitative estimate of drug-likeness (QED) is 0.0197. The van der Waals surface area contributed by atoms with Crippen LogP contribution in [-0.2, 0) is 42.2 Å². The number of phosphoric acid groups is 1. The molecule has 11 nitrogen and oxygen atoms in total. The van der Waals surface area contributed by atoms with Gasteiger partial charge >= 0.3 is 25.7 Å². The van der Waals surface area contributed by atoms with Crippen molar-refractivity contribution < 1.29 is 52.2 Å². The minimum Gasteiger partial charge on any atom is -0.462 e. The van der Waals surface area contributed by atoms with Gasteiger partial charge in [0, 0.05) is 19.3 Å². The topological polar surface area (TPSA) is 155 Å². The van der Waals surface area contributed by atoms with Gasteiger partial charge in [-0.2, -0.15) is 0 Å². The van der Waals surface area contributed by atoms with Crippen molar-refractivity contribution in [3.05, 3.63) is 48.6 Å². The van der Waals surface area contributed by atoms with Crippen molar-refractivity contribution in [3.8, 4) is 0 Å². The molecule has 0 aliphatic rings. The molecule has 0 aromatic heterocycles. The SMILES string of the molecule is CC/C=C\C/C=C\C/C=C\CCCCCCCCCC(=O)OCC(COP(=O)(O)OCC(CO)OC(=O)CCCCCCCCCCCCCCCCC)OC(=O)CCCCCCC/C=C\CCCCCCCC. The Balaban J connectivity index is 4.70. The van der Waals surface area contributed by atoms with E-state index in [4.69, 9.17) is 23.3 Å². The molecule has 0 heterocycles. The molecule has 0 aromatic rings. The molecule has 432 valence electrons. The maximum absolute atomic E-state index is 12.9. The van der Waals surface area contributed by atoms with Crippen LogP contribution < -0.4 is 0 Å². The van der Waals surface area contributed by atoms with E-state index in [-0.39, 0.29) is 25.9 Å². The average molecular weight is 1070 g/mol. The zero-order valence-corrected chi connectivity index (χ0v) is 48.7. The number of hydrogen-bond donors (Lipinski definition) is 2. The highest BCUT2D eigenvalue weighted by atomic mass is 31.2. The van der Waals surface area contributed by atoms with Gasteiger partial charge in [0.05, 0.1) is 19.8 Å². The Kier molecular flexibility index (Phi) is 54.7. The molecule has 0 aromatic carbocycles. The molecular formula is C62H113O11P. The summed E-state index contributed by atoms with van der Waals surface area (Å²) < 4.78 is 39.6. The summed E-state index contributed by atoms with van der Waals surface area (Å²) in [5.41, 5.74) is 0. The largest absolute Gasteiger partial charge is 0.472 e. The van der Waals surface area contributed by atoms with Crippen molar-refractivity contribution in [2.75, 3.05) is 26.4 Å². The van der Waals surface area contributed by atoms with E-state index in [1.807, 2.05) is 0 Å². The van der Waals surface area contributed by atoms with E-state index >= 15 is 0 Å². The zero-order chi connectivity index (χ0) is 54.1. The fourth-order valence-corrected chi connectivity index (χ4v) is 9.39. The van der Waals surface area contributed by atoms with Gasteiger partial charge in [0.1, 0.15) is 12.7 Å². The molecule has 3 atom stereocenters. The minimum atomic E-state index is -4.75. The Morgan fingerprint density at radius 3 is 1.09 bits per heavy atom. The summed E-state index contributed by atoms with van der Waals surface area (Å²) in [4.78, 5) is 48.6. The fourth-order valence-electron chi connectivity index (χ4n) is 8.60. The normalized spacial score (nSPS) is 13.6. The monoisotopic (exact) mass is 1060 g/mol. The highest BCUT2D eigenvalue weighted by molar-refractivity contribution is 7.47. The second-order valence-corrected chi connectivity index (χ2v) is 21.9. The number of allylic oxidation sites excluding steroid dienone is 8. The van der Waals surface area contributed by atoms with E-state index in [9.17, 15) is 28.9 Å². The maximum Gasteiger partial charge on any atom is 0.472 e. The standard InChI is InChI=1S/C62H113O11P/c1-4-7-10-13-16-19-22-25-28-29-32-33-36-39-42-45-48-51-60(64)69-55-59(73-62(66)53-50-47-44-41-38-35-31-27-24-21-18-15-12-9-6-3)57-71-74(67,68)70-56-58(54-63)72-61(65)52-49-46-43-40-37-34-30-26-23-20-17-14-11-8-5-2/h7,10,16,19,25,27-28,31,58-59,63H,4-6,8-9,11-15,17-18,20-24,26,29-30,32-57H2,1-3H3,(H,67,68)/b10-7-,19-16-,28-25-,31-27-. The number of phosphoric ester groups is 1. The number of carbonyl (C=O) groups is 3. The summed E-state index contributed by atoms with van der Waals surface area (Å²) in [6, 6.07) is 0.